The molecule has 1 amide bonds. The fraction of sp³-hybridized carbons (Fsp3) is 0.533. The maximum Gasteiger partial charge on any atom is 0.227 e. The zero-order chi connectivity index (χ0) is 17.2. The molecule has 0 aromatic heterocycles. The summed E-state index contributed by atoms with van der Waals surface area (Å²) in [5.74, 6) is -2.15. The van der Waals surface area contributed by atoms with Crippen LogP contribution in [0.2, 0.25) is 0 Å². The van der Waals surface area contributed by atoms with Gasteiger partial charge in [0, 0.05) is 26.2 Å². The number of hydrogen-bond acceptors (Lipinski definition) is 3. The van der Waals surface area contributed by atoms with Gasteiger partial charge >= 0.3 is 0 Å². The van der Waals surface area contributed by atoms with E-state index in [2.05, 4.69) is 0 Å². The number of likely N-dealkylation sites (N-methyl/N-ethyl adjacent to an activating group) is 1. The van der Waals surface area contributed by atoms with Crippen LogP contribution in [0.25, 0.3) is 0 Å². The van der Waals surface area contributed by atoms with Crippen LogP contribution >= 0.6 is 0 Å². The Labute approximate surface area is 134 Å². The van der Waals surface area contributed by atoms with Gasteiger partial charge in [-0.25, -0.2) is 21.5 Å². The molecule has 5 nitrogen and oxygen atoms in total. The van der Waals surface area contributed by atoms with E-state index in [1.54, 1.807) is 4.90 Å². The molecule has 1 aliphatic heterocycles. The van der Waals surface area contributed by atoms with E-state index in [1.165, 1.54) is 17.4 Å². The van der Waals surface area contributed by atoms with Gasteiger partial charge in [0.1, 0.15) is 0 Å². The highest BCUT2D eigenvalue weighted by Gasteiger charge is 2.29. The number of carbonyl (C=O) groups excluding carboxylic acids is 1. The number of piperidine rings is 1. The first kappa shape index (κ1) is 17.8. The third-order valence-corrected chi connectivity index (χ3v) is 5.47. The summed E-state index contributed by atoms with van der Waals surface area (Å²) in [5, 5.41) is 0. The SMILES string of the molecule is CN(C1CCCN(C(=O)Cc2ccc(F)c(F)c2)C1)S(C)(=O)=O. The second-order valence-corrected chi connectivity index (χ2v) is 7.88. The molecule has 0 N–H and O–H groups in total. The quantitative estimate of drug-likeness (QED) is 0.828. The van der Waals surface area contributed by atoms with Crippen LogP contribution < -0.4 is 0 Å². The van der Waals surface area contributed by atoms with Gasteiger partial charge in [0.2, 0.25) is 15.9 Å². The second-order valence-electron chi connectivity index (χ2n) is 5.84. The number of sulfonamides is 1. The standard InChI is InChI=1S/C15H20F2N2O3S/c1-18(23(2,21)22)12-4-3-7-19(10-12)15(20)9-11-5-6-13(16)14(17)8-11/h5-6,8,12H,3-4,7,9-10H2,1-2H3. The van der Waals surface area contributed by atoms with E-state index in [9.17, 15) is 22.0 Å². The number of nitrogens with zero attached hydrogens (tertiary/aromatic N) is 2. The van der Waals surface area contributed by atoms with E-state index in [4.69, 9.17) is 0 Å². The van der Waals surface area contributed by atoms with Crippen molar-refractivity contribution in [2.45, 2.75) is 25.3 Å². The molecule has 0 bridgehead atoms. The van der Waals surface area contributed by atoms with Crippen molar-refractivity contribution in [1.29, 1.82) is 0 Å². The van der Waals surface area contributed by atoms with Gasteiger partial charge in [-0.3, -0.25) is 4.79 Å². The van der Waals surface area contributed by atoms with E-state index < -0.39 is 21.7 Å². The predicted octanol–water partition coefficient (Wildman–Crippen LogP) is 1.39. The Bertz CT molecular complexity index is 694. The molecule has 23 heavy (non-hydrogen) atoms. The van der Waals surface area contributed by atoms with Crippen molar-refractivity contribution < 1.29 is 22.0 Å². The van der Waals surface area contributed by atoms with Gasteiger partial charge in [0.15, 0.2) is 11.6 Å². The van der Waals surface area contributed by atoms with Gasteiger partial charge in [-0.2, -0.15) is 0 Å². The van der Waals surface area contributed by atoms with Gasteiger partial charge in [0.25, 0.3) is 0 Å². The van der Waals surface area contributed by atoms with Gasteiger partial charge in [0.05, 0.1) is 12.7 Å². The van der Waals surface area contributed by atoms with Crippen molar-refractivity contribution in [3.8, 4) is 0 Å². The molecule has 8 heteroatoms. The number of amides is 1. The highest BCUT2D eigenvalue weighted by atomic mass is 32.2. The lowest BCUT2D eigenvalue weighted by atomic mass is 10.0. The summed E-state index contributed by atoms with van der Waals surface area (Å²) in [4.78, 5) is 13.9. The van der Waals surface area contributed by atoms with Crippen molar-refractivity contribution in [3.63, 3.8) is 0 Å². The highest BCUT2D eigenvalue weighted by Crippen LogP contribution is 2.18. The molecule has 1 atom stereocenters. The van der Waals surface area contributed by atoms with Crippen molar-refractivity contribution in [3.05, 3.63) is 35.4 Å². The first-order chi connectivity index (χ1) is 10.7. The minimum absolute atomic E-state index is 0.0352. The molecule has 0 saturated carbocycles. The molecule has 1 unspecified atom stereocenters. The normalized spacial score (nSPS) is 19.2. The van der Waals surface area contributed by atoms with Crippen molar-refractivity contribution >= 4 is 15.9 Å². The lowest BCUT2D eigenvalue weighted by Gasteiger charge is -2.36. The average Bonchev–Trinajstić information content (AvgIpc) is 2.49. The lowest BCUT2D eigenvalue weighted by molar-refractivity contribution is -0.132. The number of likely N-dealkylation sites (tertiary alicyclic amines) is 1. The largest absolute Gasteiger partial charge is 0.341 e. The number of carbonyl (C=O) groups is 1. The van der Waals surface area contributed by atoms with E-state index >= 15 is 0 Å². The summed E-state index contributed by atoms with van der Waals surface area (Å²) in [6.45, 7) is 0.850. The minimum atomic E-state index is -3.32. The molecular weight excluding hydrogens is 326 g/mol. The molecule has 1 saturated heterocycles. The number of benzene rings is 1. The summed E-state index contributed by atoms with van der Waals surface area (Å²) in [6, 6.07) is 3.12. The van der Waals surface area contributed by atoms with E-state index in [-0.39, 0.29) is 18.4 Å². The highest BCUT2D eigenvalue weighted by molar-refractivity contribution is 7.88. The van der Waals surface area contributed by atoms with Crippen LogP contribution in [-0.4, -0.2) is 56.0 Å². The molecule has 0 aliphatic carbocycles. The molecule has 128 valence electrons. The summed E-state index contributed by atoms with van der Waals surface area (Å²) in [5.41, 5.74) is 0.396. The second kappa shape index (κ2) is 6.92. The van der Waals surface area contributed by atoms with Crippen LogP contribution in [0.4, 0.5) is 8.78 Å². The van der Waals surface area contributed by atoms with Crippen molar-refractivity contribution in [2.24, 2.45) is 0 Å². The first-order valence-electron chi connectivity index (χ1n) is 7.33. The van der Waals surface area contributed by atoms with Gasteiger partial charge in [-0.05, 0) is 30.5 Å². The Kier molecular flexibility index (Phi) is 5.36. The maximum absolute atomic E-state index is 13.2. The first-order valence-corrected chi connectivity index (χ1v) is 9.18. The molecule has 2 rings (SSSR count). The average molecular weight is 346 g/mol. The lowest BCUT2D eigenvalue weighted by Crippen LogP contribution is -2.50. The summed E-state index contributed by atoms with van der Waals surface area (Å²) >= 11 is 0. The van der Waals surface area contributed by atoms with Crippen molar-refractivity contribution in [2.75, 3.05) is 26.4 Å². The van der Waals surface area contributed by atoms with Crippen LogP contribution in [-0.2, 0) is 21.2 Å². The zero-order valence-corrected chi connectivity index (χ0v) is 13.9. The Hall–Kier alpha value is -1.54. The molecular formula is C15H20F2N2O3S. The number of rotatable bonds is 4. The Morgan fingerprint density at radius 3 is 2.65 bits per heavy atom. The van der Waals surface area contributed by atoms with Crippen LogP contribution in [0.5, 0.6) is 0 Å². The third-order valence-electron chi connectivity index (χ3n) is 4.13. The van der Waals surface area contributed by atoms with Crippen LogP contribution in [0.1, 0.15) is 18.4 Å². The smallest absolute Gasteiger partial charge is 0.227 e. The topological polar surface area (TPSA) is 57.7 Å². The maximum atomic E-state index is 13.2. The molecule has 1 fully saturated rings. The molecule has 1 aromatic carbocycles. The monoisotopic (exact) mass is 346 g/mol. The molecule has 0 radical (unpaired) electrons. The van der Waals surface area contributed by atoms with Crippen LogP contribution in [0, 0.1) is 11.6 Å². The Morgan fingerprint density at radius 1 is 1.35 bits per heavy atom. The van der Waals surface area contributed by atoms with E-state index in [0.717, 1.165) is 18.4 Å². The Morgan fingerprint density at radius 2 is 2.04 bits per heavy atom. The van der Waals surface area contributed by atoms with Crippen molar-refractivity contribution in [1.82, 2.24) is 9.21 Å². The summed E-state index contributed by atoms with van der Waals surface area (Å²) < 4.78 is 50.6. The fourth-order valence-corrected chi connectivity index (χ4v) is 3.40. The molecule has 0 spiro atoms. The summed E-state index contributed by atoms with van der Waals surface area (Å²) in [6.07, 6.45) is 2.49. The van der Waals surface area contributed by atoms with Crippen LogP contribution in [0.15, 0.2) is 18.2 Å². The number of halogens is 2. The van der Waals surface area contributed by atoms with Gasteiger partial charge in [-0.15, -0.1) is 0 Å². The Balaban J connectivity index is 2.03. The molecule has 1 heterocycles. The molecule has 1 aliphatic rings. The zero-order valence-electron chi connectivity index (χ0n) is 13.1. The third kappa shape index (κ3) is 4.48. The fourth-order valence-electron chi connectivity index (χ4n) is 2.68. The van der Waals surface area contributed by atoms with E-state index in [0.29, 0.717) is 31.5 Å². The minimum Gasteiger partial charge on any atom is -0.341 e. The predicted molar refractivity (Wildman–Crippen MR) is 82.3 cm³/mol. The van der Waals surface area contributed by atoms with Gasteiger partial charge in [-0.1, -0.05) is 6.07 Å². The van der Waals surface area contributed by atoms with Crippen LogP contribution in [0.3, 0.4) is 0 Å². The van der Waals surface area contributed by atoms with Gasteiger partial charge < -0.3 is 4.90 Å². The summed E-state index contributed by atoms with van der Waals surface area (Å²) in [7, 11) is -1.81. The molecule has 1 aromatic rings. The van der Waals surface area contributed by atoms with E-state index in [1.807, 2.05) is 0 Å². The number of hydrogen-bond donors (Lipinski definition) is 0.